The molecule has 0 fully saturated rings. The molecule has 0 aliphatic carbocycles. The maximum Gasteiger partial charge on any atom is 0.387 e. The first-order chi connectivity index (χ1) is 10.8. The first-order valence-electron chi connectivity index (χ1n) is 7.00. The fraction of sp³-hybridized carbons (Fsp3) is 0.533. The van der Waals surface area contributed by atoms with E-state index in [-0.39, 0.29) is 41.0 Å². The summed E-state index contributed by atoms with van der Waals surface area (Å²) in [6, 6.07) is 4.53. The zero-order valence-corrected chi connectivity index (χ0v) is 17.9. The van der Waals surface area contributed by atoms with Crippen molar-refractivity contribution in [3.05, 3.63) is 28.8 Å². The van der Waals surface area contributed by atoms with E-state index in [0.717, 1.165) is 0 Å². The SMILES string of the molecule is CN=C(NCc1cc(Cl)ccc1OC(F)F)NCC(C)(C)SC.I. The van der Waals surface area contributed by atoms with E-state index in [0.29, 0.717) is 23.1 Å². The summed E-state index contributed by atoms with van der Waals surface area (Å²) >= 11 is 7.66. The van der Waals surface area contributed by atoms with Crippen LogP contribution < -0.4 is 15.4 Å². The minimum atomic E-state index is -2.88. The molecule has 0 amide bonds. The maximum atomic E-state index is 12.4. The molecule has 138 valence electrons. The van der Waals surface area contributed by atoms with Crippen LogP contribution in [0.25, 0.3) is 0 Å². The fourth-order valence-corrected chi connectivity index (χ4v) is 2.08. The van der Waals surface area contributed by atoms with E-state index in [4.69, 9.17) is 11.6 Å². The third kappa shape index (κ3) is 8.57. The Morgan fingerprint density at radius 3 is 2.58 bits per heavy atom. The highest BCUT2D eigenvalue weighted by molar-refractivity contribution is 14.0. The molecular weight excluding hydrogens is 471 g/mol. The van der Waals surface area contributed by atoms with Crippen molar-refractivity contribution in [1.29, 1.82) is 0 Å². The van der Waals surface area contributed by atoms with Crippen molar-refractivity contribution in [2.75, 3.05) is 19.8 Å². The van der Waals surface area contributed by atoms with Crippen LogP contribution in [0.5, 0.6) is 5.75 Å². The van der Waals surface area contributed by atoms with Crippen LogP contribution in [0.15, 0.2) is 23.2 Å². The predicted octanol–water partition coefficient (Wildman–Crippen LogP) is 4.37. The molecule has 24 heavy (non-hydrogen) atoms. The first-order valence-corrected chi connectivity index (χ1v) is 8.60. The molecule has 2 N–H and O–H groups in total. The minimum Gasteiger partial charge on any atom is -0.434 e. The van der Waals surface area contributed by atoms with Crippen molar-refractivity contribution in [2.45, 2.75) is 31.8 Å². The van der Waals surface area contributed by atoms with Gasteiger partial charge in [-0.3, -0.25) is 4.99 Å². The number of benzene rings is 1. The van der Waals surface area contributed by atoms with Crippen molar-refractivity contribution in [1.82, 2.24) is 10.6 Å². The van der Waals surface area contributed by atoms with Crippen LogP contribution in [0, 0.1) is 0 Å². The highest BCUT2D eigenvalue weighted by Gasteiger charge is 2.16. The molecule has 9 heteroatoms. The van der Waals surface area contributed by atoms with Crippen LogP contribution in [-0.2, 0) is 6.54 Å². The lowest BCUT2D eigenvalue weighted by Crippen LogP contribution is -2.43. The van der Waals surface area contributed by atoms with Crippen LogP contribution in [0.3, 0.4) is 0 Å². The molecule has 0 bridgehead atoms. The average Bonchev–Trinajstić information content (AvgIpc) is 2.49. The molecule has 1 aromatic rings. The number of guanidine groups is 1. The van der Waals surface area contributed by atoms with Gasteiger partial charge in [-0.15, -0.1) is 24.0 Å². The lowest BCUT2D eigenvalue weighted by molar-refractivity contribution is -0.0504. The highest BCUT2D eigenvalue weighted by Crippen LogP contribution is 2.24. The highest BCUT2D eigenvalue weighted by atomic mass is 127. The Morgan fingerprint density at radius 1 is 1.38 bits per heavy atom. The fourth-order valence-electron chi connectivity index (χ4n) is 1.67. The summed E-state index contributed by atoms with van der Waals surface area (Å²) in [5.74, 6) is 0.673. The molecular formula is C15H23ClF2IN3OS. The van der Waals surface area contributed by atoms with Gasteiger partial charge in [0.05, 0.1) is 0 Å². The first kappa shape index (κ1) is 23.5. The van der Waals surface area contributed by atoms with E-state index in [9.17, 15) is 8.78 Å². The second-order valence-electron chi connectivity index (χ2n) is 5.37. The summed E-state index contributed by atoms with van der Waals surface area (Å²) in [5, 5.41) is 6.72. The Labute approximate surface area is 168 Å². The normalized spacial score (nSPS) is 11.9. The molecule has 4 nitrogen and oxygen atoms in total. The van der Waals surface area contributed by atoms with Gasteiger partial charge in [0.1, 0.15) is 5.75 Å². The van der Waals surface area contributed by atoms with Gasteiger partial charge in [0.25, 0.3) is 0 Å². The summed E-state index contributed by atoms with van der Waals surface area (Å²) in [5.41, 5.74) is 0.532. The molecule has 0 aromatic heterocycles. The Hall–Kier alpha value is -0.480. The molecule has 0 heterocycles. The Bertz CT molecular complexity index is 547. The van der Waals surface area contributed by atoms with E-state index >= 15 is 0 Å². The number of hydrogen-bond donors (Lipinski definition) is 2. The number of alkyl halides is 2. The molecule has 0 spiro atoms. The van der Waals surface area contributed by atoms with Crippen LogP contribution in [-0.4, -0.2) is 37.2 Å². The molecule has 0 aliphatic rings. The number of thioether (sulfide) groups is 1. The smallest absolute Gasteiger partial charge is 0.387 e. The van der Waals surface area contributed by atoms with Crippen molar-refractivity contribution in [3.8, 4) is 5.75 Å². The maximum absolute atomic E-state index is 12.4. The van der Waals surface area contributed by atoms with Gasteiger partial charge in [-0.2, -0.15) is 20.5 Å². The van der Waals surface area contributed by atoms with Crippen molar-refractivity contribution in [3.63, 3.8) is 0 Å². The quantitative estimate of drug-likeness (QED) is 0.336. The van der Waals surface area contributed by atoms with Gasteiger partial charge in [0.15, 0.2) is 5.96 Å². The van der Waals surface area contributed by atoms with Gasteiger partial charge >= 0.3 is 6.61 Å². The lowest BCUT2D eigenvalue weighted by atomic mass is 10.2. The number of rotatable bonds is 7. The number of halogens is 4. The van der Waals surface area contributed by atoms with E-state index in [1.54, 1.807) is 24.9 Å². The zero-order chi connectivity index (χ0) is 17.5. The summed E-state index contributed by atoms with van der Waals surface area (Å²) in [7, 11) is 1.65. The van der Waals surface area contributed by atoms with E-state index < -0.39 is 6.61 Å². The molecule has 0 aliphatic heterocycles. The van der Waals surface area contributed by atoms with Gasteiger partial charge in [0, 0.05) is 35.5 Å². The van der Waals surface area contributed by atoms with Crippen LogP contribution in [0.1, 0.15) is 19.4 Å². The molecule has 0 unspecified atom stereocenters. The number of nitrogens with one attached hydrogen (secondary N) is 2. The van der Waals surface area contributed by atoms with E-state index in [2.05, 4.69) is 34.2 Å². The van der Waals surface area contributed by atoms with Gasteiger partial charge in [0.2, 0.25) is 0 Å². The number of hydrogen-bond acceptors (Lipinski definition) is 3. The van der Waals surface area contributed by atoms with E-state index in [1.165, 1.54) is 12.1 Å². The van der Waals surface area contributed by atoms with E-state index in [1.807, 2.05) is 6.26 Å². The van der Waals surface area contributed by atoms with Gasteiger partial charge in [-0.25, -0.2) is 0 Å². The number of aliphatic imine (C=N–C) groups is 1. The minimum absolute atomic E-state index is 0. The van der Waals surface area contributed by atoms with Crippen LogP contribution in [0.2, 0.25) is 5.02 Å². The number of nitrogens with zero attached hydrogens (tertiary/aromatic N) is 1. The van der Waals surface area contributed by atoms with Crippen LogP contribution >= 0.6 is 47.3 Å². The zero-order valence-electron chi connectivity index (χ0n) is 14.0. The van der Waals surface area contributed by atoms with Gasteiger partial charge in [-0.1, -0.05) is 11.6 Å². The molecule has 0 saturated heterocycles. The Balaban J connectivity index is 0.00000529. The van der Waals surface area contributed by atoms with Gasteiger partial charge < -0.3 is 15.4 Å². The Morgan fingerprint density at radius 2 is 2.04 bits per heavy atom. The Kier molecular flexibility index (Phi) is 11.0. The summed E-state index contributed by atoms with van der Waals surface area (Å²) < 4.78 is 29.4. The topological polar surface area (TPSA) is 45.7 Å². The van der Waals surface area contributed by atoms with Gasteiger partial charge in [-0.05, 0) is 38.3 Å². The summed E-state index contributed by atoms with van der Waals surface area (Å²) in [6.45, 7) is 2.33. The third-order valence-corrected chi connectivity index (χ3v) is 4.63. The lowest BCUT2D eigenvalue weighted by Gasteiger charge is -2.24. The standard InChI is InChI=1S/C15H22ClF2N3OS.HI/c1-15(2,23-4)9-21-14(19-3)20-8-10-7-11(16)5-6-12(10)22-13(17)18;/h5-7,13H,8-9H2,1-4H3,(H2,19,20,21);1H. The molecule has 0 saturated carbocycles. The summed E-state index contributed by atoms with van der Waals surface area (Å²) in [4.78, 5) is 4.12. The van der Waals surface area contributed by atoms with Crippen molar-refractivity contribution < 1.29 is 13.5 Å². The second-order valence-corrected chi connectivity index (χ2v) is 7.32. The molecule has 0 radical (unpaired) electrons. The average molecular weight is 494 g/mol. The largest absolute Gasteiger partial charge is 0.434 e. The molecule has 1 rings (SSSR count). The molecule has 0 atom stereocenters. The van der Waals surface area contributed by atoms with Crippen molar-refractivity contribution >= 4 is 53.3 Å². The molecule has 1 aromatic carbocycles. The van der Waals surface area contributed by atoms with Crippen LogP contribution in [0.4, 0.5) is 8.78 Å². The second kappa shape index (κ2) is 11.2. The van der Waals surface area contributed by atoms with Crippen molar-refractivity contribution in [2.24, 2.45) is 4.99 Å². The monoisotopic (exact) mass is 493 g/mol. The third-order valence-electron chi connectivity index (χ3n) is 3.14. The predicted molar refractivity (Wildman–Crippen MR) is 109 cm³/mol. The number of ether oxygens (including phenoxy) is 1. The summed E-state index contributed by atoms with van der Waals surface area (Å²) in [6.07, 6.45) is 2.04.